The topological polar surface area (TPSA) is 0 Å². The van der Waals surface area contributed by atoms with Crippen LogP contribution in [0.2, 0.25) is 0 Å². The van der Waals surface area contributed by atoms with E-state index < -0.39 is 0 Å². The van der Waals surface area contributed by atoms with E-state index in [1.165, 1.54) is 17.6 Å². The van der Waals surface area contributed by atoms with Crippen LogP contribution in [0.4, 0.5) is 0 Å². The molecule has 0 bridgehead atoms. The zero-order valence-electron chi connectivity index (χ0n) is 7.99. The van der Waals surface area contributed by atoms with E-state index in [1.807, 2.05) is 13.8 Å². The minimum atomic E-state index is 1.17. The first-order valence-electron chi connectivity index (χ1n) is 3.78. The van der Waals surface area contributed by atoms with Crippen LogP contribution < -0.4 is 0 Å². The van der Waals surface area contributed by atoms with Gasteiger partial charge < -0.3 is 0 Å². The summed E-state index contributed by atoms with van der Waals surface area (Å²) in [6.07, 6.45) is 3.33. The first kappa shape index (κ1) is 12.2. The molecule has 0 radical (unpaired) electrons. The maximum atomic E-state index is 3.56. The SMILES string of the molecule is C/C=C(/C)CC.C=C(C)C. The molecule has 0 aromatic heterocycles. The van der Waals surface area contributed by atoms with Gasteiger partial charge in [-0.05, 0) is 34.1 Å². The van der Waals surface area contributed by atoms with Crippen molar-refractivity contribution in [3.8, 4) is 0 Å². The number of hydrogen-bond acceptors (Lipinski definition) is 0. The van der Waals surface area contributed by atoms with Gasteiger partial charge in [-0.3, -0.25) is 0 Å². The van der Waals surface area contributed by atoms with Crippen molar-refractivity contribution in [2.75, 3.05) is 0 Å². The van der Waals surface area contributed by atoms with Crippen molar-refractivity contribution in [2.45, 2.75) is 41.0 Å². The molecule has 0 heteroatoms. The molecule has 0 aromatic rings. The molecule has 0 aliphatic rings. The molecule has 0 N–H and O–H groups in total. The molecule has 0 heterocycles. The standard InChI is InChI=1S/C6H12.C4H8/c1-4-6(3)5-2;1-4(2)3/h4H,5H2,1-3H3;1H2,2-3H3/b6-4-;. The molecule has 0 unspecified atom stereocenters. The van der Waals surface area contributed by atoms with Crippen molar-refractivity contribution in [3.05, 3.63) is 23.8 Å². The van der Waals surface area contributed by atoms with Crippen molar-refractivity contribution in [3.63, 3.8) is 0 Å². The molecule has 0 rings (SSSR count). The summed E-state index contributed by atoms with van der Waals surface area (Å²) in [5, 5.41) is 0. The first-order valence-corrected chi connectivity index (χ1v) is 3.78. The van der Waals surface area contributed by atoms with E-state index in [-0.39, 0.29) is 0 Å². The highest BCUT2D eigenvalue weighted by Crippen LogP contribution is 1.94. The second-order valence-electron chi connectivity index (χ2n) is 2.70. The van der Waals surface area contributed by atoms with E-state index in [1.54, 1.807) is 0 Å². The van der Waals surface area contributed by atoms with Gasteiger partial charge >= 0.3 is 0 Å². The Labute approximate surface area is 65.7 Å². The van der Waals surface area contributed by atoms with Crippen LogP contribution >= 0.6 is 0 Å². The molecule has 0 atom stereocenters. The molecule has 0 aliphatic heterocycles. The highest BCUT2D eigenvalue weighted by Gasteiger charge is 1.73. The minimum absolute atomic E-state index is 1.17. The van der Waals surface area contributed by atoms with Crippen LogP contribution in [0.5, 0.6) is 0 Å². The average Bonchev–Trinajstić information content (AvgIpc) is 1.85. The van der Waals surface area contributed by atoms with Gasteiger partial charge in [-0.25, -0.2) is 0 Å². The summed E-state index contributed by atoms with van der Waals surface area (Å²) in [5.41, 5.74) is 2.63. The minimum Gasteiger partial charge on any atom is -0.100 e. The van der Waals surface area contributed by atoms with Gasteiger partial charge in [-0.2, -0.15) is 0 Å². The van der Waals surface area contributed by atoms with Gasteiger partial charge in [0.25, 0.3) is 0 Å². The molecule has 0 nitrogen and oxygen atoms in total. The van der Waals surface area contributed by atoms with Crippen molar-refractivity contribution in [2.24, 2.45) is 0 Å². The number of allylic oxidation sites excluding steroid dienone is 3. The van der Waals surface area contributed by atoms with Crippen LogP contribution in [0.1, 0.15) is 41.0 Å². The van der Waals surface area contributed by atoms with E-state index in [9.17, 15) is 0 Å². The van der Waals surface area contributed by atoms with Crippen LogP contribution in [0.25, 0.3) is 0 Å². The highest BCUT2D eigenvalue weighted by atomic mass is 13.8. The third-order valence-electron chi connectivity index (χ3n) is 1.05. The van der Waals surface area contributed by atoms with E-state index in [4.69, 9.17) is 0 Å². The van der Waals surface area contributed by atoms with Crippen LogP contribution in [0, 0.1) is 0 Å². The van der Waals surface area contributed by atoms with Gasteiger partial charge in [0.2, 0.25) is 0 Å². The molecule has 10 heavy (non-hydrogen) atoms. The molecule has 0 saturated heterocycles. The maximum absolute atomic E-state index is 3.56. The zero-order chi connectivity index (χ0) is 8.57. The molecule has 0 amide bonds. The number of hydrogen-bond donors (Lipinski definition) is 0. The fourth-order valence-electron chi connectivity index (χ4n) is 0.204. The lowest BCUT2D eigenvalue weighted by molar-refractivity contribution is 1.09. The Balaban J connectivity index is 0. The molecule has 0 fully saturated rings. The summed E-state index contributed by atoms with van der Waals surface area (Å²) >= 11 is 0. The average molecular weight is 140 g/mol. The lowest BCUT2D eigenvalue weighted by Gasteiger charge is -1.85. The second-order valence-corrected chi connectivity index (χ2v) is 2.70. The Bertz CT molecular complexity index is 103. The Morgan fingerprint density at radius 3 is 1.60 bits per heavy atom. The lowest BCUT2D eigenvalue weighted by atomic mass is 10.2. The van der Waals surface area contributed by atoms with Crippen LogP contribution in [-0.4, -0.2) is 0 Å². The predicted molar refractivity (Wildman–Crippen MR) is 50.2 cm³/mol. The Morgan fingerprint density at radius 2 is 1.60 bits per heavy atom. The summed E-state index contributed by atoms with van der Waals surface area (Å²) in [6, 6.07) is 0. The van der Waals surface area contributed by atoms with Crippen molar-refractivity contribution in [1.82, 2.24) is 0 Å². The Kier molecular flexibility index (Phi) is 10.3. The molecular weight excluding hydrogens is 120 g/mol. The fourth-order valence-corrected chi connectivity index (χ4v) is 0.204. The van der Waals surface area contributed by atoms with Gasteiger partial charge in [0.15, 0.2) is 0 Å². The van der Waals surface area contributed by atoms with E-state index in [2.05, 4.69) is 33.4 Å². The quantitative estimate of drug-likeness (QED) is 0.484. The van der Waals surface area contributed by atoms with Crippen molar-refractivity contribution >= 4 is 0 Å². The van der Waals surface area contributed by atoms with Gasteiger partial charge in [-0.1, -0.05) is 24.1 Å². The Hall–Kier alpha value is -0.520. The summed E-state index contributed by atoms with van der Waals surface area (Å²) in [4.78, 5) is 0. The maximum Gasteiger partial charge on any atom is -0.0352 e. The van der Waals surface area contributed by atoms with Gasteiger partial charge in [0.1, 0.15) is 0 Å². The van der Waals surface area contributed by atoms with E-state index in [0.717, 1.165) is 0 Å². The summed E-state index contributed by atoms with van der Waals surface area (Å²) in [5.74, 6) is 0. The summed E-state index contributed by atoms with van der Waals surface area (Å²) in [7, 11) is 0. The largest absolute Gasteiger partial charge is 0.100 e. The molecule has 0 aliphatic carbocycles. The molecular formula is C10H20. The fraction of sp³-hybridized carbons (Fsp3) is 0.600. The summed E-state index contributed by atoms with van der Waals surface area (Å²) in [6.45, 7) is 13.9. The lowest BCUT2D eigenvalue weighted by Crippen LogP contribution is -1.63. The van der Waals surface area contributed by atoms with Crippen molar-refractivity contribution < 1.29 is 0 Å². The smallest absolute Gasteiger partial charge is 0.0352 e. The third kappa shape index (κ3) is 25.9. The van der Waals surface area contributed by atoms with Gasteiger partial charge in [-0.15, -0.1) is 6.58 Å². The highest BCUT2D eigenvalue weighted by molar-refractivity contribution is 4.93. The van der Waals surface area contributed by atoms with Crippen molar-refractivity contribution in [1.29, 1.82) is 0 Å². The van der Waals surface area contributed by atoms with Crippen LogP contribution in [0.3, 0.4) is 0 Å². The third-order valence-corrected chi connectivity index (χ3v) is 1.05. The molecule has 0 saturated carbocycles. The Morgan fingerprint density at radius 1 is 1.30 bits per heavy atom. The van der Waals surface area contributed by atoms with Crippen LogP contribution in [0.15, 0.2) is 23.8 Å². The predicted octanol–water partition coefficient (Wildman–Crippen LogP) is 3.95. The number of rotatable bonds is 1. The van der Waals surface area contributed by atoms with Crippen LogP contribution in [-0.2, 0) is 0 Å². The molecule has 0 spiro atoms. The zero-order valence-corrected chi connectivity index (χ0v) is 7.99. The monoisotopic (exact) mass is 140 g/mol. The molecule has 60 valence electrons. The molecule has 0 aromatic carbocycles. The van der Waals surface area contributed by atoms with E-state index >= 15 is 0 Å². The normalized spacial score (nSPS) is 9.90. The second kappa shape index (κ2) is 8.48. The summed E-state index contributed by atoms with van der Waals surface area (Å²) < 4.78 is 0. The van der Waals surface area contributed by atoms with E-state index in [0.29, 0.717) is 0 Å². The van der Waals surface area contributed by atoms with Gasteiger partial charge in [0.05, 0.1) is 0 Å². The first-order chi connectivity index (χ1) is 4.54. The van der Waals surface area contributed by atoms with Gasteiger partial charge in [0, 0.05) is 0 Å².